The summed E-state index contributed by atoms with van der Waals surface area (Å²) in [5.41, 5.74) is 5.33. The monoisotopic (exact) mass is 787 g/mol. The normalized spacial score (nSPS) is 13.5. The van der Waals surface area contributed by atoms with Crippen molar-refractivity contribution in [3.63, 3.8) is 0 Å². The first-order valence-electron chi connectivity index (χ1n) is 21.1. The van der Waals surface area contributed by atoms with Gasteiger partial charge in [-0.05, 0) is 12.8 Å². The molecule has 0 aromatic heterocycles. The van der Waals surface area contributed by atoms with Crippen LogP contribution in [-0.4, -0.2) is 89.4 Å². The molecule has 3 atom stereocenters. The van der Waals surface area contributed by atoms with Crippen molar-refractivity contribution in [1.82, 2.24) is 0 Å². The maximum absolute atomic E-state index is 12.6. The minimum atomic E-state index is -4.70. The molecule has 0 bridgehead atoms. The number of hydrogen-bond acceptors (Lipinski definition) is 9. The standard InChI is InChI=1S/C40H78NO10P.Na/c1-3-5-7-9-11-13-15-17-19-21-23-25-27-29-31-38(42)48-33-36(34-49-52(46,47)50-35-37(41)40(44)45)51-39(43)32-30-28-26-24-22-20-18-16-14-12-10-8-6-4-2;/h36-37H,3-35,41H2,1-2H3,(H,44,45)(H,46,47);/t36-,37+;/m1./s1. The molecule has 4 N–H and O–H groups in total. The Kier molecular flexibility index (Phi) is 40.9. The van der Waals surface area contributed by atoms with Crippen LogP contribution in [0.2, 0.25) is 0 Å². The number of carboxylic acid groups (broad SMARTS) is 1. The summed E-state index contributed by atoms with van der Waals surface area (Å²) in [6.07, 6.45) is 33.0. The average molecular weight is 787 g/mol. The Morgan fingerprint density at radius 3 is 1.21 bits per heavy atom. The van der Waals surface area contributed by atoms with Crippen LogP contribution in [-0.2, 0) is 37.5 Å². The number of carbonyl (C=O) groups excluding carboxylic acids is 2. The number of phosphoric ester groups is 1. The predicted molar refractivity (Wildman–Crippen MR) is 214 cm³/mol. The van der Waals surface area contributed by atoms with E-state index in [-0.39, 0.29) is 49.0 Å². The molecule has 0 aliphatic carbocycles. The summed E-state index contributed by atoms with van der Waals surface area (Å²) in [5.74, 6) is -2.36. The van der Waals surface area contributed by atoms with E-state index >= 15 is 0 Å². The first-order valence-corrected chi connectivity index (χ1v) is 22.6. The molecule has 0 aliphatic rings. The summed E-state index contributed by atoms with van der Waals surface area (Å²) in [6.45, 7) is 2.82. The van der Waals surface area contributed by atoms with Gasteiger partial charge in [0, 0.05) is 42.4 Å². The van der Waals surface area contributed by atoms with Gasteiger partial charge in [0.2, 0.25) is 0 Å². The van der Waals surface area contributed by atoms with Crippen molar-refractivity contribution < 1.29 is 47.5 Å². The van der Waals surface area contributed by atoms with Crippen molar-refractivity contribution in [3.8, 4) is 0 Å². The fourth-order valence-corrected chi connectivity index (χ4v) is 6.79. The van der Waals surface area contributed by atoms with Crippen LogP contribution in [0.15, 0.2) is 0 Å². The Hall–Kier alpha value is -0.520. The van der Waals surface area contributed by atoms with Crippen molar-refractivity contribution in [2.24, 2.45) is 5.73 Å². The van der Waals surface area contributed by atoms with Gasteiger partial charge in [0.05, 0.1) is 13.2 Å². The van der Waals surface area contributed by atoms with Gasteiger partial charge in [-0.2, -0.15) is 0 Å². The summed E-state index contributed by atoms with van der Waals surface area (Å²) < 4.78 is 32.6. The largest absolute Gasteiger partial charge is 0.480 e. The molecule has 11 nitrogen and oxygen atoms in total. The summed E-state index contributed by atoms with van der Waals surface area (Å²) >= 11 is 0. The topological polar surface area (TPSA) is 172 Å². The van der Waals surface area contributed by atoms with Gasteiger partial charge in [0.1, 0.15) is 12.6 Å². The average Bonchev–Trinajstić information content (AvgIpc) is 3.12. The molecule has 0 fully saturated rings. The van der Waals surface area contributed by atoms with E-state index < -0.39 is 51.1 Å². The second-order valence-electron chi connectivity index (χ2n) is 14.5. The fraction of sp³-hybridized carbons (Fsp3) is 0.925. The molecule has 0 saturated carbocycles. The van der Waals surface area contributed by atoms with Gasteiger partial charge in [-0.25, -0.2) is 4.57 Å². The van der Waals surface area contributed by atoms with Gasteiger partial charge in [-0.15, -0.1) is 0 Å². The zero-order valence-corrected chi connectivity index (χ0v) is 37.1. The number of phosphoric acid groups is 1. The Bertz CT molecular complexity index is 913. The first-order chi connectivity index (χ1) is 25.1. The first kappa shape index (κ1) is 54.6. The molecule has 309 valence electrons. The Morgan fingerprint density at radius 2 is 0.849 bits per heavy atom. The Balaban J connectivity index is 0. The van der Waals surface area contributed by atoms with Crippen LogP contribution >= 0.6 is 7.82 Å². The molecule has 0 rings (SSSR count). The maximum Gasteiger partial charge on any atom is 0.472 e. The van der Waals surface area contributed by atoms with Crippen LogP contribution in [0.4, 0.5) is 0 Å². The summed E-state index contributed by atoms with van der Waals surface area (Å²) in [5, 5.41) is 8.87. The minimum Gasteiger partial charge on any atom is -0.480 e. The van der Waals surface area contributed by atoms with Crippen LogP contribution < -0.4 is 5.73 Å². The molecule has 1 unspecified atom stereocenters. The molecule has 1 radical (unpaired) electrons. The van der Waals surface area contributed by atoms with Crippen molar-refractivity contribution >= 4 is 55.3 Å². The van der Waals surface area contributed by atoms with Crippen molar-refractivity contribution in [2.45, 2.75) is 219 Å². The predicted octanol–water partition coefficient (Wildman–Crippen LogP) is 10.3. The van der Waals surface area contributed by atoms with Crippen LogP contribution in [0.25, 0.3) is 0 Å². The SMILES string of the molecule is CCCCCCCCCCCCCCCCC(=O)OC[C@H](COP(=O)(O)OC[C@H](N)C(=O)O)OC(=O)CCCCCCCCCCCCCCCC.[Na]. The number of nitrogens with two attached hydrogens (primary N) is 1. The molecule has 0 aromatic rings. The van der Waals surface area contributed by atoms with Gasteiger partial charge in [0.25, 0.3) is 0 Å². The van der Waals surface area contributed by atoms with Crippen LogP contribution in [0.1, 0.15) is 206 Å². The summed E-state index contributed by atoms with van der Waals surface area (Å²) in [6, 6.07) is -1.52. The third-order valence-electron chi connectivity index (χ3n) is 9.36. The number of carbonyl (C=O) groups is 3. The minimum absolute atomic E-state index is 0. The molecule has 0 heterocycles. The van der Waals surface area contributed by atoms with E-state index in [1.807, 2.05) is 0 Å². The summed E-state index contributed by atoms with van der Waals surface area (Å²) in [7, 11) is -4.70. The number of ether oxygens (including phenoxy) is 2. The van der Waals surface area contributed by atoms with E-state index in [4.69, 9.17) is 24.8 Å². The van der Waals surface area contributed by atoms with E-state index in [9.17, 15) is 23.8 Å². The number of aliphatic carboxylic acids is 1. The molecule has 0 aromatic carbocycles. The van der Waals surface area contributed by atoms with Crippen LogP contribution in [0.5, 0.6) is 0 Å². The van der Waals surface area contributed by atoms with E-state index in [2.05, 4.69) is 18.4 Å². The molecule has 0 spiro atoms. The van der Waals surface area contributed by atoms with Crippen LogP contribution in [0.3, 0.4) is 0 Å². The molecular weight excluding hydrogens is 708 g/mol. The van der Waals surface area contributed by atoms with E-state index in [1.165, 1.54) is 128 Å². The van der Waals surface area contributed by atoms with Crippen LogP contribution in [0, 0.1) is 0 Å². The number of esters is 2. The second-order valence-corrected chi connectivity index (χ2v) is 15.9. The number of rotatable bonds is 40. The quantitative estimate of drug-likeness (QED) is 0.0234. The number of hydrogen-bond donors (Lipinski definition) is 3. The number of carboxylic acids is 1. The fourth-order valence-electron chi connectivity index (χ4n) is 6.01. The zero-order chi connectivity index (χ0) is 38.5. The second kappa shape index (κ2) is 39.7. The summed E-state index contributed by atoms with van der Waals surface area (Å²) in [4.78, 5) is 45.8. The van der Waals surface area contributed by atoms with Gasteiger partial charge < -0.3 is 25.2 Å². The third kappa shape index (κ3) is 39.5. The molecular formula is C40H78NNaO10P. The van der Waals surface area contributed by atoms with E-state index in [0.29, 0.717) is 12.8 Å². The van der Waals surface area contributed by atoms with Gasteiger partial charge >= 0.3 is 25.7 Å². The van der Waals surface area contributed by atoms with Gasteiger partial charge in [0.15, 0.2) is 6.10 Å². The van der Waals surface area contributed by atoms with Crippen molar-refractivity contribution in [2.75, 3.05) is 19.8 Å². The number of unbranched alkanes of at least 4 members (excludes halogenated alkanes) is 26. The molecule has 0 saturated heterocycles. The van der Waals surface area contributed by atoms with Gasteiger partial charge in [-0.1, -0.05) is 181 Å². The Morgan fingerprint density at radius 1 is 0.528 bits per heavy atom. The van der Waals surface area contributed by atoms with Gasteiger partial charge in [-0.3, -0.25) is 23.4 Å². The zero-order valence-electron chi connectivity index (χ0n) is 34.2. The Labute approximate surface area is 345 Å². The molecule has 0 aliphatic heterocycles. The van der Waals surface area contributed by atoms with Crippen molar-refractivity contribution in [3.05, 3.63) is 0 Å². The maximum atomic E-state index is 12.6. The van der Waals surface area contributed by atoms with E-state index in [1.54, 1.807) is 0 Å². The smallest absolute Gasteiger partial charge is 0.472 e. The third-order valence-corrected chi connectivity index (χ3v) is 10.3. The molecule has 0 amide bonds. The van der Waals surface area contributed by atoms with Crippen molar-refractivity contribution in [1.29, 1.82) is 0 Å². The van der Waals surface area contributed by atoms with E-state index in [0.717, 1.165) is 38.5 Å². The molecule has 53 heavy (non-hydrogen) atoms. The molecule has 13 heteroatoms.